The van der Waals surface area contributed by atoms with Crippen molar-refractivity contribution in [3.05, 3.63) is 16.5 Å². The van der Waals surface area contributed by atoms with Crippen LogP contribution in [-0.4, -0.2) is 37.0 Å². The van der Waals surface area contributed by atoms with Crippen molar-refractivity contribution in [1.82, 2.24) is 4.31 Å². The van der Waals surface area contributed by atoms with Crippen molar-refractivity contribution in [3.63, 3.8) is 0 Å². The summed E-state index contributed by atoms with van der Waals surface area (Å²) in [6, 6.07) is 3.24. The molecule has 0 bridgehead atoms. The van der Waals surface area contributed by atoms with Crippen LogP contribution in [0, 0.1) is 0 Å². The summed E-state index contributed by atoms with van der Waals surface area (Å²) in [5.41, 5.74) is 0. The van der Waals surface area contributed by atoms with Crippen LogP contribution in [0.2, 0.25) is 4.34 Å². The monoisotopic (exact) mass is 309 g/mol. The maximum Gasteiger partial charge on any atom is 0.252 e. The van der Waals surface area contributed by atoms with Crippen molar-refractivity contribution < 1.29 is 13.5 Å². The minimum atomic E-state index is -3.46. The minimum absolute atomic E-state index is 0.00391. The molecule has 0 spiro atoms. The minimum Gasteiger partial charge on any atom is -0.396 e. The van der Waals surface area contributed by atoms with Gasteiger partial charge in [-0.15, -0.1) is 11.3 Å². The van der Waals surface area contributed by atoms with Crippen molar-refractivity contribution in [2.45, 2.75) is 35.9 Å². The molecular weight excluding hydrogens is 294 g/mol. The molecular formula is C11H16ClNO3S2. The van der Waals surface area contributed by atoms with Gasteiger partial charge in [0.25, 0.3) is 10.0 Å². The lowest BCUT2D eigenvalue weighted by atomic mass is 9.93. The number of hydrogen-bond donors (Lipinski definition) is 1. The van der Waals surface area contributed by atoms with Crippen molar-refractivity contribution in [3.8, 4) is 0 Å². The summed E-state index contributed by atoms with van der Waals surface area (Å²) in [6.07, 6.45) is 3.35. The Balaban J connectivity index is 2.22. The first-order chi connectivity index (χ1) is 8.55. The van der Waals surface area contributed by atoms with Crippen molar-refractivity contribution in [1.29, 1.82) is 0 Å². The number of thiophene rings is 1. The van der Waals surface area contributed by atoms with Crippen LogP contribution < -0.4 is 0 Å². The lowest BCUT2D eigenvalue weighted by molar-refractivity contribution is 0.199. The van der Waals surface area contributed by atoms with Crippen LogP contribution in [0.1, 0.15) is 25.7 Å². The molecule has 18 heavy (non-hydrogen) atoms. The molecule has 1 N–H and O–H groups in total. The van der Waals surface area contributed by atoms with Crippen molar-refractivity contribution in [2.75, 3.05) is 13.2 Å². The third-order valence-electron chi connectivity index (χ3n) is 3.13. The second-order valence-electron chi connectivity index (χ2n) is 4.34. The molecule has 0 unspecified atom stereocenters. The first kappa shape index (κ1) is 14.3. The number of sulfonamides is 1. The average molecular weight is 310 g/mol. The Bertz CT molecular complexity index is 496. The molecule has 1 heterocycles. The summed E-state index contributed by atoms with van der Waals surface area (Å²) in [4.78, 5) is 0. The number of aliphatic hydroxyl groups is 1. The molecule has 0 radical (unpaired) electrons. The smallest absolute Gasteiger partial charge is 0.252 e. The van der Waals surface area contributed by atoms with Crippen LogP contribution in [0.3, 0.4) is 0 Å². The van der Waals surface area contributed by atoms with Crippen LogP contribution in [0.25, 0.3) is 0 Å². The lowest BCUT2D eigenvalue weighted by Crippen LogP contribution is -2.44. The third kappa shape index (κ3) is 2.88. The molecule has 0 aliphatic heterocycles. The van der Waals surface area contributed by atoms with E-state index in [-0.39, 0.29) is 16.9 Å². The highest BCUT2D eigenvalue weighted by Crippen LogP contribution is 2.33. The van der Waals surface area contributed by atoms with Gasteiger partial charge in [0.15, 0.2) is 0 Å². The first-order valence-electron chi connectivity index (χ1n) is 5.94. The average Bonchev–Trinajstić information content (AvgIpc) is 2.68. The van der Waals surface area contributed by atoms with E-state index in [1.807, 2.05) is 0 Å². The van der Waals surface area contributed by atoms with Gasteiger partial charge in [-0.1, -0.05) is 18.0 Å². The Morgan fingerprint density at radius 2 is 2.17 bits per heavy atom. The van der Waals surface area contributed by atoms with Crippen LogP contribution in [0.4, 0.5) is 0 Å². The summed E-state index contributed by atoms with van der Waals surface area (Å²) < 4.78 is 27.3. The van der Waals surface area contributed by atoms with Gasteiger partial charge in [-0.05, 0) is 31.4 Å². The van der Waals surface area contributed by atoms with Gasteiger partial charge in [0, 0.05) is 19.2 Å². The van der Waals surface area contributed by atoms with Gasteiger partial charge in [-0.3, -0.25) is 0 Å². The zero-order valence-corrected chi connectivity index (χ0v) is 12.3. The van der Waals surface area contributed by atoms with Crippen molar-refractivity contribution in [2.24, 2.45) is 0 Å². The predicted molar refractivity (Wildman–Crippen MR) is 72.6 cm³/mol. The van der Waals surface area contributed by atoms with Crippen LogP contribution in [-0.2, 0) is 10.0 Å². The molecule has 1 aromatic rings. The van der Waals surface area contributed by atoms with E-state index in [0.717, 1.165) is 30.6 Å². The number of aliphatic hydroxyl groups excluding tert-OH is 1. The highest BCUT2D eigenvalue weighted by molar-refractivity contribution is 7.91. The highest BCUT2D eigenvalue weighted by Gasteiger charge is 2.35. The van der Waals surface area contributed by atoms with E-state index in [9.17, 15) is 8.42 Å². The molecule has 1 fully saturated rings. The van der Waals surface area contributed by atoms with Crippen LogP contribution >= 0.6 is 22.9 Å². The van der Waals surface area contributed by atoms with Crippen molar-refractivity contribution >= 4 is 33.0 Å². The molecule has 1 saturated carbocycles. The highest BCUT2D eigenvalue weighted by atomic mass is 35.5. The molecule has 4 nitrogen and oxygen atoms in total. The van der Waals surface area contributed by atoms with E-state index < -0.39 is 10.0 Å². The van der Waals surface area contributed by atoms with Gasteiger partial charge < -0.3 is 5.11 Å². The largest absolute Gasteiger partial charge is 0.396 e. The molecule has 2 rings (SSSR count). The molecule has 0 saturated heterocycles. The van der Waals surface area contributed by atoms with E-state index >= 15 is 0 Å². The summed E-state index contributed by atoms with van der Waals surface area (Å²) >= 11 is 6.88. The number of rotatable bonds is 6. The molecule has 0 amide bonds. The first-order valence-corrected chi connectivity index (χ1v) is 8.57. The summed E-state index contributed by atoms with van der Waals surface area (Å²) in [5.74, 6) is 0. The van der Waals surface area contributed by atoms with Gasteiger partial charge in [-0.25, -0.2) is 8.42 Å². The fourth-order valence-corrected chi connectivity index (χ4v) is 5.29. The Hall–Kier alpha value is -0.140. The van der Waals surface area contributed by atoms with Gasteiger partial charge >= 0.3 is 0 Å². The normalized spacial score (nSPS) is 17.1. The summed E-state index contributed by atoms with van der Waals surface area (Å²) in [5, 5.41) is 8.89. The molecule has 0 atom stereocenters. The number of nitrogens with zero attached hydrogens (tertiary/aromatic N) is 1. The van der Waals surface area contributed by atoms with Crippen LogP contribution in [0.5, 0.6) is 0 Å². The van der Waals surface area contributed by atoms with Gasteiger partial charge in [0.1, 0.15) is 4.21 Å². The molecule has 1 aromatic heterocycles. The Kier molecular flexibility index (Phi) is 4.66. The fourth-order valence-electron chi connectivity index (χ4n) is 1.95. The second-order valence-corrected chi connectivity index (χ2v) is 8.17. The fraction of sp³-hybridized carbons (Fsp3) is 0.636. The van der Waals surface area contributed by atoms with Gasteiger partial charge in [0.05, 0.1) is 4.34 Å². The number of hydrogen-bond acceptors (Lipinski definition) is 4. The molecule has 1 aliphatic rings. The zero-order chi connectivity index (χ0) is 13.2. The van der Waals surface area contributed by atoms with E-state index in [2.05, 4.69) is 0 Å². The molecule has 1 aliphatic carbocycles. The predicted octanol–water partition coefficient (Wildman–Crippen LogP) is 2.33. The lowest BCUT2D eigenvalue weighted by Gasteiger charge is -2.36. The Labute approximate surface area is 116 Å². The summed E-state index contributed by atoms with van der Waals surface area (Å²) in [6.45, 7) is 0.378. The standard InChI is InChI=1S/C11H16ClNO3S2/c12-10-5-6-11(17-10)18(15,16)13(7-2-8-14)9-3-1-4-9/h5-6,9,14H,1-4,7-8H2. The molecule has 0 aromatic carbocycles. The van der Waals surface area contributed by atoms with E-state index in [0.29, 0.717) is 17.3 Å². The summed E-state index contributed by atoms with van der Waals surface area (Å²) in [7, 11) is -3.46. The maximum atomic E-state index is 12.5. The van der Waals surface area contributed by atoms with Crippen LogP contribution in [0.15, 0.2) is 16.3 Å². The quantitative estimate of drug-likeness (QED) is 0.877. The maximum absolute atomic E-state index is 12.5. The van der Waals surface area contributed by atoms with Gasteiger partial charge in [-0.2, -0.15) is 4.31 Å². The second kappa shape index (κ2) is 5.88. The molecule has 7 heteroatoms. The SMILES string of the molecule is O=S(=O)(c1ccc(Cl)s1)N(CCCO)C1CCC1. The topological polar surface area (TPSA) is 57.6 Å². The van der Waals surface area contributed by atoms with Gasteiger partial charge in [0.2, 0.25) is 0 Å². The zero-order valence-electron chi connectivity index (χ0n) is 9.88. The Morgan fingerprint density at radius 3 is 2.61 bits per heavy atom. The van der Waals surface area contributed by atoms with E-state index in [1.54, 1.807) is 12.1 Å². The number of halogens is 1. The molecule has 102 valence electrons. The third-order valence-corrected chi connectivity index (χ3v) is 6.78. The van der Waals surface area contributed by atoms with E-state index in [1.165, 1.54) is 4.31 Å². The Morgan fingerprint density at radius 1 is 1.44 bits per heavy atom. The van der Waals surface area contributed by atoms with E-state index in [4.69, 9.17) is 16.7 Å².